The number of rotatable bonds is 8. The molecule has 36 heavy (non-hydrogen) atoms. The number of carbonyl (C=O) groups excluding carboxylic acids is 1. The van der Waals surface area contributed by atoms with Gasteiger partial charge in [0.25, 0.3) is 0 Å². The highest BCUT2D eigenvalue weighted by Crippen LogP contribution is 2.66. The summed E-state index contributed by atoms with van der Waals surface area (Å²) in [5.74, 6) is -0.0535. The quantitative estimate of drug-likeness (QED) is 0.217. The van der Waals surface area contributed by atoms with E-state index >= 15 is 0 Å². The van der Waals surface area contributed by atoms with Crippen LogP contribution in [0.3, 0.4) is 0 Å². The van der Waals surface area contributed by atoms with Crippen molar-refractivity contribution < 1.29 is 19.7 Å². The molecule has 0 unspecified atom stereocenters. The number of ether oxygens (including phenoxy) is 1. The van der Waals surface area contributed by atoms with Crippen molar-refractivity contribution in [2.45, 2.75) is 111 Å². The average molecular weight is 495 g/mol. The molecule has 0 aliphatic heterocycles. The highest BCUT2D eigenvalue weighted by atomic mass is 16.5. The molecule has 3 aliphatic carbocycles. The number of aromatic hydroxyl groups is 2. The van der Waals surface area contributed by atoms with Gasteiger partial charge in [0.05, 0.1) is 0 Å². The van der Waals surface area contributed by atoms with E-state index < -0.39 is 5.97 Å². The van der Waals surface area contributed by atoms with Crippen LogP contribution in [0.2, 0.25) is 0 Å². The van der Waals surface area contributed by atoms with Crippen LogP contribution in [-0.2, 0) is 11.2 Å². The molecule has 4 rings (SSSR count). The van der Waals surface area contributed by atoms with Crippen molar-refractivity contribution in [3.63, 3.8) is 0 Å². The Morgan fingerprint density at radius 3 is 2.50 bits per heavy atom. The van der Waals surface area contributed by atoms with Crippen LogP contribution in [-0.4, -0.2) is 22.3 Å². The largest absolute Gasteiger partial charge is 0.507 e. The molecule has 0 heterocycles. The predicted molar refractivity (Wildman–Crippen MR) is 145 cm³/mol. The Labute approximate surface area is 217 Å². The molecule has 0 aromatic heterocycles. The molecular formula is C32H46O4. The first-order valence-corrected chi connectivity index (χ1v) is 14.0. The van der Waals surface area contributed by atoms with Crippen LogP contribution in [0.25, 0.3) is 0 Å². The fourth-order valence-electron chi connectivity index (χ4n) is 7.44. The minimum atomic E-state index is -0.446. The Morgan fingerprint density at radius 1 is 1.19 bits per heavy atom. The zero-order chi connectivity index (χ0) is 26.4. The molecule has 198 valence electrons. The summed E-state index contributed by atoms with van der Waals surface area (Å²) < 4.78 is 6.26. The lowest BCUT2D eigenvalue weighted by Gasteiger charge is -2.38. The summed E-state index contributed by atoms with van der Waals surface area (Å²) in [6, 6.07) is 1.71. The van der Waals surface area contributed by atoms with Gasteiger partial charge in [-0.15, -0.1) is 0 Å². The van der Waals surface area contributed by atoms with E-state index in [-0.39, 0.29) is 45.8 Å². The maximum absolute atomic E-state index is 13.8. The molecule has 1 aromatic carbocycles. The van der Waals surface area contributed by atoms with E-state index in [0.717, 1.165) is 50.5 Å². The third kappa shape index (κ3) is 4.39. The number of aryl methyl sites for hydroxylation is 1. The normalized spacial score (nSPS) is 30.8. The third-order valence-corrected chi connectivity index (χ3v) is 10.3. The monoisotopic (exact) mass is 494 g/mol. The fraction of sp³-hybridized carbons (Fsp3) is 0.656. The number of fused-ring (bicyclic) bond motifs is 2. The lowest BCUT2D eigenvalue weighted by molar-refractivity contribution is -0.0245. The molecule has 3 aliphatic rings. The minimum Gasteiger partial charge on any atom is -0.507 e. The number of phenolic OH excluding ortho intramolecular Hbond substituents is 2. The number of carbonyl (C=O) groups is 1. The van der Waals surface area contributed by atoms with E-state index in [9.17, 15) is 15.0 Å². The maximum Gasteiger partial charge on any atom is 0.342 e. The second kappa shape index (κ2) is 9.91. The van der Waals surface area contributed by atoms with Gasteiger partial charge in [0.1, 0.15) is 23.2 Å². The van der Waals surface area contributed by atoms with Gasteiger partial charge in [0, 0.05) is 16.9 Å². The lowest BCUT2D eigenvalue weighted by Crippen LogP contribution is -2.38. The Hall–Kier alpha value is -2.23. The van der Waals surface area contributed by atoms with Crippen LogP contribution in [0.1, 0.15) is 120 Å². The zero-order valence-electron chi connectivity index (χ0n) is 23.2. The highest BCUT2D eigenvalue weighted by Gasteiger charge is 2.63. The van der Waals surface area contributed by atoms with Crippen LogP contribution in [0.15, 0.2) is 29.9 Å². The molecule has 4 heteroatoms. The molecule has 1 aromatic rings. The Bertz CT molecular complexity index is 1060. The van der Waals surface area contributed by atoms with Crippen LogP contribution >= 0.6 is 0 Å². The van der Waals surface area contributed by atoms with E-state index in [1.807, 2.05) is 6.92 Å². The number of unbranched alkanes of at least 4 members (excludes halogenated alkanes) is 2. The Kier molecular flexibility index (Phi) is 7.38. The number of phenols is 2. The summed E-state index contributed by atoms with van der Waals surface area (Å²) in [6.07, 6.45) is 10.6. The summed E-state index contributed by atoms with van der Waals surface area (Å²) >= 11 is 0. The van der Waals surface area contributed by atoms with Gasteiger partial charge in [-0.2, -0.15) is 0 Å². The average Bonchev–Trinajstić information content (AvgIpc) is 3.12. The molecule has 0 spiro atoms. The molecular weight excluding hydrogens is 448 g/mol. The predicted octanol–water partition coefficient (Wildman–Crippen LogP) is 8.22. The zero-order valence-corrected chi connectivity index (χ0v) is 23.2. The molecule has 2 bridgehead atoms. The highest BCUT2D eigenvalue weighted by molar-refractivity contribution is 5.95. The van der Waals surface area contributed by atoms with Gasteiger partial charge in [-0.05, 0) is 87.7 Å². The topological polar surface area (TPSA) is 66.8 Å². The van der Waals surface area contributed by atoms with E-state index in [4.69, 9.17) is 4.74 Å². The van der Waals surface area contributed by atoms with Crippen molar-refractivity contribution in [2.24, 2.45) is 22.7 Å². The van der Waals surface area contributed by atoms with Crippen molar-refractivity contribution in [2.75, 3.05) is 0 Å². The standard InChI is InChI=1S/C32H46O4/c1-8-9-10-11-21-17-25(33)28(24-16-20(4)12-13-23(24)19(2)3)29(34)27(21)30(35)36-26-18-22-14-15-32(26,7)31(22,5)6/h16-17,22-24,26,33-34H,2,8-15,18H2,1,3-7H3/t22-,23+,24-,26+,32-/m1/s1. The molecule has 5 atom stereocenters. The van der Waals surface area contributed by atoms with Gasteiger partial charge >= 0.3 is 5.97 Å². The number of esters is 1. The van der Waals surface area contributed by atoms with Gasteiger partial charge in [-0.1, -0.05) is 64.3 Å². The summed E-state index contributed by atoms with van der Waals surface area (Å²) in [6.45, 7) is 17.3. The van der Waals surface area contributed by atoms with Crippen LogP contribution in [0, 0.1) is 22.7 Å². The van der Waals surface area contributed by atoms with E-state index in [1.54, 1.807) is 6.07 Å². The summed E-state index contributed by atoms with van der Waals surface area (Å²) in [5, 5.41) is 22.9. The van der Waals surface area contributed by atoms with Gasteiger partial charge < -0.3 is 14.9 Å². The van der Waals surface area contributed by atoms with E-state index in [2.05, 4.69) is 47.3 Å². The number of benzene rings is 1. The fourth-order valence-corrected chi connectivity index (χ4v) is 7.44. The van der Waals surface area contributed by atoms with Gasteiger partial charge in [0.2, 0.25) is 0 Å². The molecule has 0 radical (unpaired) electrons. The van der Waals surface area contributed by atoms with Crippen molar-refractivity contribution in [3.8, 4) is 11.5 Å². The first kappa shape index (κ1) is 26.8. The van der Waals surface area contributed by atoms with Crippen molar-refractivity contribution in [1.82, 2.24) is 0 Å². The Balaban J connectivity index is 1.75. The minimum absolute atomic E-state index is 0.0562. The molecule has 2 fully saturated rings. The smallest absolute Gasteiger partial charge is 0.342 e. The van der Waals surface area contributed by atoms with Crippen LogP contribution in [0.4, 0.5) is 0 Å². The molecule has 2 N–H and O–H groups in total. The second-order valence-corrected chi connectivity index (χ2v) is 12.7. The van der Waals surface area contributed by atoms with Gasteiger partial charge in [0.15, 0.2) is 0 Å². The molecule has 2 saturated carbocycles. The first-order valence-electron chi connectivity index (χ1n) is 14.0. The number of hydrogen-bond acceptors (Lipinski definition) is 4. The summed E-state index contributed by atoms with van der Waals surface area (Å²) in [7, 11) is 0. The van der Waals surface area contributed by atoms with E-state index in [1.165, 1.54) is 12.0 Å². The van der Waals surface area contributed by atoms with Gasteiger partial charge in [-0.3, -0.25) is 0 Å². The summed E-state index contributed by atoms with van der Waals surface area (Å²) in [4.78, 5) is 13.8. The van der Waals surface area contributed by atoms with Gasteiger partial charge in [-0.25, -0.2) is 4.79 Å². The number of hydrogen-bond donors (Lipinski definition) is 2. The third-order valence-electron chi connectivity index (χ3n) is 10.3. The number of allylic oxidation sites excluding steroid dienone is 3. The summed E-state index contributed by atoms with van der Waals surface area (Å²) in [5.41, 5.74) is 3.69. The van der Waals surface area contributed by atoms with Crippen LogP contribution in [0.5, 0.6) is 11.5 Å². The van der Waals surface area contributed by atoms with Crippen LogP contribution < -0.4 is 0 Å². The van der Waals surface area contributed by atoms with Crippen molar-refractivity contribution >= 4 is 5.97 Å². The van der Waals surface area contributed by atoms with Crippen molar-refractivity contribution in [3.05, 3.63) is 46.6 Å². The Morgan fingerprint density at radius 2 is 1.92 bits per heavy atom. The lowest BCUT2D eigenvalue weighted by atomic mass is 9.70. The van der Waals surface area contributed by atoms with Crippen molar-refractivity contribution in [1.29, 1.82) is 0 Å². The molecule has 0 amide bonds. The first-order chi connectivity index (χ1) is 16.9. The molecule has 4 nitrogen and oxygen atoms in total. The van der Waals surface area contributed by atoms with E-state index in [0.29, 0.717) is 23.5 Å². The SMILES string of the molecule is C=C(C)[C@@H]1CCC(C)=C[C@H]1c1c(O)cc(CCCCC)c(C(=O)O[C@H]2C[C@H]3CC[C@@]2(C)C3(C)C)c1O. The molecule has 0 saturated heterocycles. The maximum atomic E-state index is 13.8. The second-order valence-electron chi connectivity index (χ2n) is 12.7.